The lowest BCUT2D eigenvalue weighted by atomic mass is 9.88. The average molecular weight is 323 g/mol. The van der Waals surface area contributed by atoms with Crippen LogP contribution in [0, 0.1) is 0 Å². The molecule has 130 valence electrons. The first kappa shape index (κ1) is 20.2. The first-order valence-electron chi connectivity index (χ1n) is 9.75. The summed E-state index contributed by atoms with van der Waals surface area (Å²) < 4.78 is 0. The second kappa shape index (κ2) is 10.1. The van der Waals surface area contributed by atoms with Gasteiger partial charge in [-0.3, -0.25) is 0 Å². The Bertz CT molecular complexity index is 766. The van der Waals surface area contributed by atoms with Gasteiger partial charge >= 0.3 is 0 Å². The Balaban J connectivity index is 0.000000671. The summed E-state index contributed by atoms with van der Waals surface area (Å²) in [5.74, 6) is 0. The summed E-state index contributed by atoms with van der Waals surface area (Å²) >= 11 is 0. The molecule has 0 saturated heterocycles. The van der Waals surface area contributed by atoms with Gasteiger partial charge in [0.15, 0.2) is 0 Å². The molecule has 3 aromatic rings. The Labute approximate surface area is 148 Å². The molecule has 0 aromatic heterocycles. The topological polar surface area (TPSA) is 0 Å². The van der Waals surface area contributed by atoms with Crippen molar-refractivity contribution in [3.63, 3.8) is 0 Å². The fourth-order valence-electron chi connectivity index (χ4n) is 3.39. The molecule has 0 aliphatic carbocycles. The van der Waals surface area contributed by atoms with E-state index in [2.05, 4.69) is 63.2 Å². The van der Waals surface area contributed by atoms with Gasteiger partial charge in [-0.25, -0.2) is 0 Å². The predicted octanol–water partition coefficient (Wildman–Crippen LogP) is 7.73. The van der Waals surface area contributed by atoms with Crippen LogP contribution in [-0.2, 0) is 19.3 Å². The Kier molecular flexibility index (Phi) is 8.54. The van der Waals surface area contributed by atoms with Crippen LogP contribution < -0.4 is 0 Å². The minimum atomic E-state index is 1.09. The third-order valence-electron chi connectivity index (χ3n) is 4.43. The van der Waals surface area contributed by atoms with Gasteiger partial charge in [-0.05, 0) is 57.5 Å². The lowest BCUT2D eigenvalue weighted by Gasteiger charge is -2.16. The number of fused-ring (bicyclic) bond motifs is 2. The quantitative estimate of drug-likeness (QED) is 0.433. The number of rotatable bonds is 3. The number of hydrogen-bond donors (Lipinski definition) is 0. The van der Waals surface area contributed by atoms with E-state index in [1.807, 2.05) is 27.7 Å². The molecule has 0 heterocycles. The molecular weight excluding hydrogens is 288 g/mol. The second-order valence-corrected chi connectivity index (χ2v) is 5.44. The Morgan fingerprint density at radius 3 is 1.46 bits per heavy atom. The summed E-state index contributed by atoms with van der Waals surface area (Å²) in [6.45, 7) is 14.8. The highest BCUT2D eigenvalue weighted by atomic mass is 14.2. The summed E-state index contributed by atoms with van der Waals surface area (Å²) in [6, 6.07) is 15.9. The van der Waals surface area contributed by atoms with Gasteiger partial charge < -0.3 is 0 Å². The molecular formula is C24H34. The molecule has 0 aliphatic rings. The van der Waals surface area contributed by atoms with Gasteiger partial charge in [0, 0.05) is 0 Å². The normalized spacial score (nSPS) is 9.96. The zero-order valence-electron chi connectivity index (χ0n) is 16.7. The van der Waals surface area contributed by atoms with Crippen molar-refractivity contribution in [2.24, 2.45) is 0 Å². The molecule has 0 fully saturated rings. The first-order chi connectivity index (χ1) is 11.8. The largest absolute Gasteiger partial charge is 0.0683 e. The lowest BCUT2D eigenvalue weighted by Crippen LogP contribution is -1.95. The van der Waals surface area contributed by atoms with E-state index in [1.165, 1.54) is 38.2 Å². The van der Waals surface area contributed by atoms with E-state index in [4.69, 9.17) is 0 Å². The highest BCUT2D eigenvalue weighted by Crippen LogP contribution is 2.34. The maximum absolute atomic E-state index is 2.40. The fraction of sp³-hybridized carbons (Fsp3) is 0.417. The van der Waals surface area contributed by atoms with Gasteiger partial charge in [-0.1, -0.05) is 90.9 Å². The zero-order valence-corrected chi connectivity index (χ0v) is 16.7. The Morgan fingerprint density at radius 2 is 1.00 bits per heavy atom. The van der Waals surface area contributed by atoms with E-state index in [0.717, 1.165) is 19.3 Å². The first-order valence-corrected chi connectivity index (χ1v) is 9.75. The van der Waals surface area contributed by atoms with Crippen LogP contribution in [0.25, 0.3) is 21.5 Å². The molecule has 0 bridgehead atoms. The molecule has 0 nitrogen and oxygen atoms in total. The zero-order chi connectivity index (χ0) is 18.1. The highest BCUT2D eigenvalue weighted by Gasteiger charge is 2.11. The number of aryl methyl sites for hydroxylation is 3. The SMILES string of the molecule is CC.CC.CCc1ccc2c(CC)c3ccccc3c(CC)c2c1. The molecule has 0 spiro atoms. The van der Waals surface area contributed by atoms with Crippen LogP contribution in [-0.4, -0.2) is 0 Å². The van der Waals surface area contributed by atoms with Crippen LogP contribution in [0.1, 0.15) is 65.2 Å². The molecule has 3 rings (SSSR count). The molecule has 0 heteroatoms. The fourth-order valence-corrected chi connectivity index (χ4v) is 3.39. The maximum Gasteiger partial charge on any atom is -0.0140 e. The third kappa shape index (κ3) is 3.80. The van der Waals surface area contributed by atoms with E-state index < -0.39 is 0 Å². The minimum Gasteiger partial charge on any atom is -0.0683 e. The van der Waals surface area contributed by atoms with Gasteiger partial charge in [0.2, 0.25) is 0 Å². The van der Waals surface area contributed by atoms with Crippen molar-refractivity contribution in [2.75, 3.05) is 0 Å². The number of hydrogen-bond acceptors (Lipinski definition) is 0. The van der Waals surface area contributed by atoms with Crippen molar-refractivity contribution < 1.29 is 0 Å². The van der Waals surface area contributed by atoms with Crippen molar-refractivity contribution in [3.8, 4) is 0 Å². The summed E-state index contributed by atoms with van der Waals surface area (Å²) in [5, 5.41) is 5.78. The van der Waals surface area contributed by atoms with E-state index in [0.29, 0.717) is 0 Å². The Hall–Kier alpha value is -1.82. The average Bonchev–Trinajstić information content (AvgIpc) is 2.68. The van der Waals surface area contributed by atoms with E-state index in [1.54, 1.807) is 0 Å². The van der Waals surface area contributed by atoms with Crippen LogP contribution in [0.3, 0.4) is 0 Å². The van der Waals surface area contributed by atoms with E-state index >= 15 is 0 Å². The second-order valence-electron chi connectivity index (χ2n) is 5.44. The summed E-state index contributed by atoms with van der Waals surface area (Å²) in [7, 11) is 0. The van der Waals surface area contributed by atoms with Gasteiger partial charge in [-0.2, -0.15) is 0 Å². The van der Waals surface area contributed by atoms with Crippen molar-refractivity contribution in [2.45, 2.75) is 67.7 Å². The van der Waals surface area contributed by atoms with Crippen molar-refractivity contribution in [1.29, 1.82) is 0 Å². The summed E-state index contributed by atoms with van der Waals surface area (Å²) in [4.78, 5) is 0. The Morgan fingerprint density at radius 1 is 0.542 bits per heavy atom. The third-order valence-corrected chi connectivity index (χ3v) is 4.43. The molecule has 0 N–H and O–H groups in total. The standard InChI is InChI=1S/C20H22.2C2H6/c1-4-14-11-12-19-15(5-2)17-9-7-8-10-18(17)16(6-3)20(19)13-14;2*1-2/h7-13H,4-6H2,1-3H3;2*1-2H3. The van der Waals surface area contributed by atoms with Crippen LogP contribution in [0.2, 0.25) is 0 Å². The van der Waals surface area contributed by atoms with Crippen LogP contribution >= 0.6 is 0 Å². The van der Waals surface area contributed by atoms with Crippen LogP contribution in [0.5, 0.6) is 0 Å². The monoisotopic (exact) mass is 322 g/mol. The summed E-state index contributed by atoms with van der Waals surface area (Å²) in [5.41, 5.74) is 4.43. The highest BCUT2D eigenvalue weighted by molar-refractivity contribution is 6.06. The molecule has 0 saturated carbocycles. The van der Waals surface area contributed by atoms with Gasteiger partial charge in [-0.15, -0.1) is 0 Å². The maximum atomic E-state index is 2.40. The van der Waals surface area contributed by atoms with Crippen molar-refractivity contribution >= 4 is 21.5 Å². The molecule has 24 heavy (non-hydrogen) atoms. The van der Waals surface area contributed by atoms with E-state index in [9.17, 15) is 0 Å². The molecule has 0 atom stereocenters. The predicted molar refractivity (Wildman–Crippen MR) is 112 cm³/mol. The molecule has 0 radical (unpaired) electrons. The molecule has 0 unspecified atom stereocenters. The number of benzene rings is 3. The van der Waals surface area contributed by atoms with Crippen molar-refractivity contribution in [3.05, 3.63) is 59.2 Å². The molecule has 0 aliphatic heterocycles. The van der Waals surface area contributed by atoms with Crippen molar-refractivity contribution in [1.82, 2.24) is 0 Å². The van der Waals surface area contributed by atoms with Gasteiger partial charge in [0.25, 0.3) is 0 Å². The van der Waals surface area contributed by atoms with Gasteiger partial charge in [0.05, 0.1) is 0 Å². The smallest absolute Gasteiger partial charge is 0.0140 e. The molecule has 3 aromatic carbocycles. The van der Waals surface area contributed by atoms with Gasteiger partial charge in [0.1, 0.15) is 0 Å². The lowest BCUT2D eigenvalue weighted by molar-refractivity contribution is 1.13. The van der Waals surface area contributed by atoms with E-state index in [-0.39, 0.29) is 0 Å². The molecule has 0 amide bonds. The van der Waals surface area contributed by atoms with Crippen LogP contribution in [0.4, 0.5) is 0 Å². The van der Waals surface area contributed by atoms with Crippen LogP contribution in [0.15, 0.2) is 42.5 Å². The summed E-state index contributed by atoms with van der Waals surface area (Å²) in [6.07, 6.45) is 3.29. The minimum absolute atomic E-state index is 1.09.